The Labute approximate surface area is 121 Å². The summed E-state index contributed by atoms with van der Waals surface area (Å²) in [5.41, 5.74) is 0.793. The fourth-order valence-corrected chi connectivity index (χ4v) is 2.43. The highest BCUT2D eigenvalue weighted by molar-refractivity contribution is 9.10. The number of aliphatic hydroxyl groups excluding tert-OH is 1. The molecule has 0 bridgehead atoms. The van der Waals surface area contributed by atoms with E-state index in [2.05, 4.69) is 21.2 Å². The van der Waals surface area contributed by atoms with Crippen molar-refractivity contribution in [2.45, 2.75) is 6.10 Å². The fourth-order valence-electron chi connectivity index (χ4n) is 1.85. The van der Waals surface area contributed by atoms with E-state index in [0.29, 0.717) is 44.4 Å². The van der Waals surface area contributed by atoms with Crippen LogP contribution in [0, 0.1) is 0 Å². The molecule has 0 saturated heterocycles. The summed E-state index contributed by atoms with van der Waals surface area (Å²) in [7, 11) is 1.65. The first-order valence-corrected chi connectivity index (χ1v) is 6.98. The lowest BCUT2D eigenvalue weighted by Gasteiger charge is -2.22. The van der Waals surface area contributed by atoms with Gasteiger partial charge in [0, 0.05) is 20.2 Å². The van der Waals surface area contributed by atoms with Crippen molar-refractivity contribution in [1.82, 2.24) is 5.32 Å². The number of ether oxygens (including phenoxy) is 3. The third-order valence-corrected chi connectivity index (χ3v) is 3.41. The average Bonchev–Trinajstić information content (AvgIpc) is 2.43. The number of benzene rings is 1. The van der Waals surface area contributed by atoms with Gasteiger partial charge in [0.05, 0.1) is 17.2 Å². The lowest BCUT2D eigenvalue weighted by atomic mass is 10.1. The molecule has 1 aliphatic heterocycles. The van der Waals surface area contributed by atoms with Gasteiger partial charge in [-0.1, -0.05) is 0 Å². The van der Waals surface area contributed by atoms with Crippen molar-refractivity contribution in [3.63, 3.8) is 0 Å². The topological polar surface area (TPSA) is 60.0 Å². The Hall–Kier alpha value is -0.820. The predicted octanol–water partition coefficient (Wildman–Crippen LogP) is 1.49. The Kier molecular flexibility index (Phi) is 5.45. The minimum absolute atomic E-state index is 0.468. The summed E-state index contributed by atoms with van der Waals surface area (Å²) >= 11 is 3.44. The minimum atomic E-state index is -0.594. The van der Waals surface area contributed by atoms with E-state index >= 15 is 0 Å². The fraction of sp³-hybridized carbons (Fsp3) is 0.538. The molecule has 1 heterocycles. The molecule has 0 spiro atoms. The van der Waals surface area contributed by atoms with Gasteiger partial charge < -0.3 is 24.6 Å². The Bertz CT molecular complexity index is 427. The second-order valence-corrected chi connectivity index (χ2v) is 5.09. The molecule has 5 nitrogen and oxygen atoms in total. The van der Waals surface area contributed by atoms with Crippen LogP contribution in [0.5, 0.6) is 11.5 Å². The lowest BCUT2D eigenvalue weighted by Crippen LogP contribution is -2.25. The minimum Gasteiger partial charge on any atom is -0.486 e. The smallest absolute Gasteiger partial charge is 0.175 e. The molecule has 2 rings (SSSR count). The number of hydrogen-bond acceptors (Lipinski definition) is 5. The van der Waals surface area contributed by atoms with E-state index in [0.717, 1.165) is 10.0 Å². The third-order valence-electron chi connectivity index (χ3n) is 2.82. The molecule has 1 aromatic rings. The Morgan fingerprint density at radius 3 is 3.00 bits per heavy atom. The first-order chi connectivity index (χ1) is 9.22. The highest BCUT2D eigenvalue weighted by atomic mass is 79.9. The number of aliphatic hydroxyl groups is 1. The third kappa shape index (κ3) is 3.82. The van der Waals surface area contributed by atoms with Crippen molar-refractivity contribution in [3.05, 3.63) is 22.2 Å². The van der Waals surface area contributed by atoms with E-state index in [1.54, 1.807) is 7.11 Å². The van der Waals surface area contributed by atoms with E-state index in [-0.39, 0.29) is 0 Å². The van der Waals surface area contributed by atoms with Crippen LogP contribution in [0.1, 0.15) is 11.7 Å². The summed E-state index contributed by atoms with van der Waals surface area (Å²) in [6, 6.07) is 3.68. The number of fused-ring (bicyclic) bond motifs is 1. The molecule has 0 aromatic heterocycles. The first-order valence-electron chi connectivity index (χ1n) is 6.19. The van der Waals surface area contributed by atoms with Crippen LogP contribution in [0.25, 0.3) is 0 Å². The van der Waals surface area contributed by atoms with Crippen LogP contribution in [-0.4, -0.2) is 45.1 Å². The maximum atomic E-state index is 10.1. The van der Waals surface area contributed by atoms with Crippen LogP contribution in [0.2, 0.25) is 0 Å². The average molecular weight is 332 g/mol. The number of halogens is 1. The van der Waals surface area contributed by atoms with Crippen LogP contribution in [0.3, 0.4) is 0 Å². The number of rotatable bonds is 6. The molecule has 1 atom stereocenters. The first kappa shape index (κ1) is 14.6. The Morgan fingerprint density at radius 2 is 2.21 bits per heavy atom. The maximum Gasteiger partial charge on any atom is 0.175 e. The molecule has 0 saturated carbocycles. The van der Waals surface area contributed by atoms with Gasteiger partial charge in [-0.15, -0.1) is 0 Å². The van der Waals surface area contributed by atoms with Crippen molar-refractivity contribution in [3.8, 4) is 11.5 Å². The lowest BCUT2D eigenvalue weighted by molar-refractivity contribution is 0.156. The van der Waals surface area contributed by atoms with E-state index < -0.39 is 6.10 Å². The summed E-state index contributed by atoms with van der Waals surface area (Å²) in [5, 5.41) is 13.2. The molecule has 19 heavy (non-hydrogen) atoms. The van der Waals surface area contributed by atoms with Crippen LogP contribution in [0.15, 0.2) is 16.6 Å². The normalized spacial score (nSPS) is 15.3. The quantitative estimate of drug-likeness (QED) is 0.773. The zero-order chi connectivity index (χ0) is 13.7. The van der Waals surface area contributed by atoms with Crippen LogP contribution >= 0.6 is 15.9 Å². The molecule has 0 aliphatic carbocycles. The highest BCUT2D eigenvalue weighted by Crippen LogP contribution is 2.39. The predicted molar refractivity (Wildman–Crippen MR) is 74.8 cm³/mol. The van der Waals surface area contributed by atoms with E-state index in [1.807, 2.05) is 12.1 Å². The zero-order valence-electron chi connectivity index (χ0n) is 10.8. The molecule has 0 fully saturated rings. The summed E-state index contributed by atoms with van der Waals surface area (Å²) < 4.78 is 16.8. The van der Waals surface area contributed by atoms with Gasteiger partial charge in [0.2, 0.25) is 0 Å². The second kappa shape index (κ2) is 7.09. The molecule has 1 unspecified atom stereocenters. The molecule has 106 valence electrons. The van der Waals surface area contributed by atoms with Gasteiger partial charge in [-0.05, 0) is 33.6 Å². The SMILES string of the molecule is COCCNCC(O)c1cc(Br)c2c(c1)OCCO2. The van der Waals surface area contributed by atoms with Gasteiger partial charge in [0.1, 0.15) is 13.2 Å². The molecule has 0 amide bonds. The van der Waals surface area contributed by atoms with Gasteiger partial charge in [-0.3, -0.25) is 0 Å². The Morgan fingerprint density at radius 1 is 1.42 bits per heavy atom. The van der Waals surface area contributed by atoms with Crippen molar-refractivity contribution < 1.29 is 19.3 Å². The molecule has 2 N–H and O–H groups in total. The molecule has 1 aromatic carbocycles. The largest absolute Gasteiger partial charge is 0.486 e. The van der Waals surface area contributed by atoms with E-state index in [4.69, 9.17) is 14.2 Å². The van der Waals surface area contributed by atoms with Crippen LogP contribution in [-0.2, 0) is 4.74 Å². The maximum absolute atomic E-state index is 10.1. The van der Waals surface area contributed by atoms with Crippen molar-refractivity contribution in [2.75, 3.05) is 40.0 Å². The van der Waals surface area contributed by atoms with E-state index in [9.17, 15) is 5.11 Å². The zero-order valence-corrected chi connectivity index (χ0v) is 12.4. The van der Waals surface area contributed by atoms with Gasteiger partial charge in [0.25, 0.3) is 0 Å². The molecule has 1 aliphatic rings. The van der Waals surface area contributed by atoms with Crippen LogP contribution < -0.4 is 14.8 Å². The summed E-state index contributed by atoms with van der Waals surface area (Å²) in [6.45, 7) is 2.88. The number of nitrogens with one attached hydrogen (secondary N) is 1. The number of hydrogen-bond donors (Lipinski definition) is 2. The molecule has 0 radical (unpaired) electrons. The monoisotopic (exact) mass is 331 g/mol. The van der Waals surface area contributed by atoms with Crippen molar-refractivity contribution >= 4 is 15.9 Å². The molecular weight excluding hydrogens is 314 g/mol. The van der Waals surface area contributed by atoms with Gasteiger partial charge in [-0.25, -0.2) is 0 Å². The summed E-state index contributed by atoms with van der Waals surface area (Å²) in [6.07, 6.45) is -0.594. The van der Waals surface area contributed by atoms with E-state index in [1.165, 1.54) is 0 Å². The summed E-state index contributed by atoms with van der Waals surface area (Å²) in [4.78, 5) is 0. The highest BCUT2D eigenvalue weighted by Gasteiger charge is 2.19. The van der Waals surface area contributed by atoms with Gasteiger partial charge in [0.15, 0.2) is 11.5 Å². The second-order valence-electron chi connectivity index (χ2n) is 4.24. The Balaban J connectivity index is 2.01. The van der Waals surface area contributed by atoms with Gasteiger partial charge in [-0.2, -0.15) is 0 Å². The standard InChI is InChI=1S/C13H18BrNO4/c1-17-3-2-15-8-11(16)9-6-10(14)13-12(7-9)18-4-5-19-13/h6-7,11,15-16H,2-5,8H2,1H3. The van der Waals surface area contributed by atoms with Crippen molar-refractivity contribution in [2.24, 2.45) is 0 Å². The summed E-state index contributed by atoms with van der Waals surface area (Å²) in [5.74, 6) is 1.38. The van der Waals surface area contributed by atoms with Gasteiger partial charge >= 0.3 is 0 Å². The molecule has 6 heteroatoms. The van der Waals surface area contributed by atoms with Crippen LogP contribution in [0.4, 0.5) is 0 Å². The molecular formula is C13H18BrNO4. The number of methoxy groups -OCH3 is 1. The van der Waals surface area contributed by atoms with Crippen molar-refractivity contribution in [1.29, 1.82) is 0 Å².